The molecule has 29 heavy (non-hydrogen) atoms. The fourth-order valence-electron chi connectivity index (χ4n) is 4.24. The molecule has 8 heteroatoms. The number of piperidine rings is 1. The Labute approximate surface area is 175 Å². The van der Waals surface area contributed by atoms with Crippen LogP contribution in [0.25, 0.3) is 0 Å². The Morgan fingerprint density at radius 1 is 1.24 bits per heavy atom. The van der Waals surface area contributed by atoms with Gasteiger partial charge in [0.1, 0.15) is 11.6 Å². The Hall–Kier alpha value is -2.06. The number of rotatable bonds is 5. The first-order valence-electron chi connectivity index (χ1n) is 10.6. The van der Waals surface area contributed by atoms with E-state index in [2.05, 4.69) is 21.1 Å². The van der Waals surface area contributed by atoms with Crippen molar-refractivity contribution in [3.8, 4) is 0 Å². The van der Waals surface area contributed by atoms with Crippen molar-refractivity contribution < 1.29 is 14.1 Å². The molecule has 2 fully saturated rings. The molecular weight excluding hydrogens is 389 g/mol. The number of halogens is 1. The largest absolute Gasteiger partial charge is 0.346 e. The number of benzene rings is 1. The topological polar surface area (TPSA) is 53.8 Å². The monoisotopic (exact) mass is 418 g/mol. The lowest BCUT2D eigenvalue weighted by atomic mass is 9.96. The summed E-state index contributed by atoms with van der Waals surface area (Å²) >= 11 is 1.39. The summed E-state index contributed by atoms with van der Waals surface area (Å²) in [4.78, 5) is 23.6. The number of aromatic nitrogens is 2. The highest BCUT2D eigenvalue weighted by atomic mass is 32.1. The summed E-state index contributed by atoms with van der Waals surface area (Å²) in [6, 6.07) is 6.47. The van der Waals surface area contributed by atoms with Crippen LogP contribution in [0.3, 0.4) is 0 Å². The molecule has 156 valence electrons. The highest BCUT2D eigenvalue weighted by Crippen LogP contribution is 2.26. The van der Waals surface area contributed by atoms with Crippen LogP contribution >= 0.6 is 11.5 Å². The number of hydrogen-bond acceptors (Lipinski definition) is 5. The number of carbonyl (C=O) groups excluding carboxylic acids is 1. The number of carbonyl (C=O) groups is 1. The number of amides is 1. The molecule has 0 radical (unpaired) electrons. The molecule has 0 saturated carbocycles. The van der Waals surface area contributed by atoms with Crippen LogP contribution in [-0.4, -0.2) is 66.0 Å². The van der Waals surface area contributed by atoms with E-state index in [9.17, 15) is 9.18 Å². The molecule has 1 aromatic carbocycles. The zero-order valence-corrected chi connectivity index (χ0v) is 17.8. The molecule has 0 bridgehead atoms. The van der Waals surface area contributed by atoms with Gasteiger partial charge in [-0.25, -0.2) is 9.37 Å². The first kappa shape index (κ1) is 20.2. The molecule has 4 rings (SSSR count). The second kappa shape index (κ2) is 9.17. The summed E-state index contributed by atoms with van der Waals surface area (Å²) < 4.78 is 17.6. The van der Waals surface area contributed by atoms with E-state index in [1.54, 1.807) is 17.0 Å². The fourth-order valence-corrected chi connectivity index (χ4v) is 4.96. The third-order valence-corrected chi connectivity index (χ3v) is 6.87. The Balaban J connectivity index is 1.35. The molecule has 0 unspecified atom stereocenters. The van der Waals surface area contributed by atoms with Crippen molar-refractivity contribution in [2.45, 2.75) is 26.2 Å². The van der Waals surface area contributed by atoms with E-state index in [1.165, 1.54) is 23.7 Å². The average molecular weight is 419 g/mol. The minimum Gasteiger partial charge on any atom is -0.346 e. The first-order chi connectivity index (χ1) is 14.1. The highest BCUT2D eigenvalue weighted by Gasteiger charge is 2.32. The summed E-state index contributed by atoms with van der Waals surface area (Å²) in [6.07, 6.45) is 2.55. The zero-order chi connectivity index (χ0) is 20.2. The van der Waals surface area contributed by atoms with Gasteiger partial charge in [0.2, 0.25) is 11.0 Å². The molecular formula is C21H29FN5OS+. The number of likely N-dealkylation sites (N-methyl/N-ethyl adjacent to an activating group) is 1. The summed E-state index contributed by atoms with van der Waals surface area (Å²) in [6.45, 7) is 8.85. The number of nitrogens with zero attached hydrogens (tertiary/aromatic N) is 4. The standard InChI is InChI=1S/C21H28FN5OS/c1-2-25-10-12-26(13-11-25)20(28)17-4-3-9-27(15-17)21-23-19(24-29-21)14-16-5-7-18(22)8-6-16/h5-8,17H,2-4,9-15H2,1H3/p+1/t17-/m0/s1. The highest BCUT2D eigenvalue weighted by molar-refractivity contribution is 7.09. The molecule has 2 saturated heterocycles. The molecule has 0 spiro atoms. The van der Waals surface area contributed by atoms with Crippen molar-refractivity contribution in [2.75, 3.05) is 50.7 Å². The predicted octanol–water partition coefficient (Wildman–Crippen LogP) is 1.23. The number of piperazine rings is 1. The maximum absolute atomic E-state index is 13.1. The van der Waals surface area contributed by atoms with Crippen molar-refractivity contribution in [2.24, 2.45) is 5.92 Å². The number of quaternary nitrogens is 1. The van der Waals surface area contributed by atoms with E-state index in [-0.39, 0.29) is 11.7 Å². The normalized spacial score (nSPS) is 20.8. The van der Waals surface area contributed by atoms with Crippen LogP contribution in [0.2, 0.25) is 0 Å². The van der Waals surface area contributed by atoms with E-state index in [0.717, 1.165) is 75.2 Å². The van der Waals surface area contributed by atoms with Gasteiger partial charge in [0.25, 0.3) is 0 Å². The second-order valence-corrected chi connectivity index (χ2v) is 8.74. The van der Waals surface area contributed by atoms with Gasteiger partial charge in [-0.15, -0.1) is 0 Å². The van der Waals surface area contributed by atoms with Gasteiger partial charge in [-0.1, -0.05) is 12.1 Å². The van der Waals surface area contributed by atoms with Crippen molar-refractivity contribution in [1.82, 2.24) is 14.3 Å². The molecule has 6 nitrogen and oxygen atoms in total. The molecule has 1 atom stereocenters. The zero-order valence-electron chi connectivity index (χ0n) is 16.9. The van der Waals surface area contributed by atoms with Gasteiger partial charge >= 0.3 is 0 Å². The minimum absolute atomic E-state index is 0.0522. The number of anilines is 1. The minimum atomic E-state index is -0.234. The van der Waals surface area contributed by atoms with Crippen LogP contribution in [0.1, 0.15) is 31.2 Å². The summed E-state index contributed by atoms with van der Waals surface area (Å²) in [5.74, 6) is 0.878. The van der Waals surface area contributed by atoms with Gasteiger partial charge < -0.3 is 14.7 Å². The van der Waals surface area contributed by atoms with Crippen LogP contribution in [0.5, 0.6) is 0 Å². The Bertz CT molecular complexity index is 819. The molecule has 0 aliphatic carbocycles. The van der Waals surface area contributed by atoms with Gasteiger partial charge in [-0.2, -0.15) is 4.37 Å². The Morgan fingerprint density at radius 2 is 2.00 bits per heavy atom. The van der Waals surface area contributed by atoms with Crippen LogP contribution in [0, 0.1) is 11.7 Å². The van der Waals surface area contributed by atoms with Crippen LogP contribution in [-0.2, 0) is 11.2 Å². The van der Waals surface area contributed by atoms with Crippen LogP contribution in [0.4, 0.5) is 9.52 Å². The van der Waals surface area contributed by atoms with E-state index in [1.807, 2.05) is 0 Å². The maximum atomic E-state index is 13.1. The third kappa shape index (κ3) is 4.93. The third-order valence-electron chi connectivity index (χ3n) is 6.06. The van der Waals surface area contributed by atoms with E-state index in [0.29, 0.717) is 12.3 Å². The summed E-state index contributed by atoms with van der Waals surface area (Å²) in [5.41, 5.74) is 0.996. The lowest BCUT2D eigenvalue weighted by Gasteiger charge is -2.37. The fraction of sp³-hybridized carbons (Fsp3) is 0.571. The van der Waals surface area contributed by atoms with Crippen LogP contribution < -0.4 is 9.80 Å². The summed E-state index contributed by atoms with van der Waals surface area (Å²) in [5, 5.41) is 0.889. The van der Waals surface area contributed by atoms with Crippen molar-refractivity contribution in [3.05, 3.63) is 41.5 Å². The van der Waals surface area contributed by atoms with Gasteiger partial charge in [-0.05, 0) is 37.5 Å². The van der Waals surface area contributed by atoms with Gasteiger partial charge in [0.15, 0.2) is 0 Å². The van der Waals surface area contributed by atoms with Gasteiger partial charge in [0, 0.05) is 31.0 Å². The molecule has 1 N–H and O–H groups in total. The van der Waals surface area contributed by atoms with Crippen molar-refractivity contribution >= 4 is 22.6 Å². The molecule has 1 amide bonds. The van der Waals surface area contributed by atoms with Gasteiger partial charge in [0.05, 0.1) is 38.6 Å². The van der Waals surface area contributed by atoms with E-state index < -0.39 is 0 Å². The first-order valence-corrected chi connectivity index (χ1v) is 11.3. The van der Waals surface area contributed by atoms with Crippen LogP contribution in [0.15, 0.2) is 24.3 Å². The van der Waals surface area contributed by atoms with E-state index in [4.69, 9.17) is 4.98 Å². The second-order valence-electron chi connectivity index (χ2n) is 8.01. The Kier molecular flexibility index (Phi) is 6.40. The lowest BCUT2D eigenvalue weighted by molar-refractivity contribution is -0.902. The van der Waals surface area contributed by atoms with Crippen molar-refractivity contribution in [3.63, 3.8) is 0 Å². The SMILES string of the molecule is CC[NH+]1CCN(C(=O)[C@H]2CCCN(c3nc(Cc4ccc(F)cc4)ns3)C2)CC1. The Morgan fingerprint density at radius 3 is 2.72 bits per heavy atom. The van der Waals surface area contributed by atoms with Gasteiger partial charge in [-0.3, -0.25) is 4.79 Å². The molecule has 2 aromatic rings. The molecule has 3 heterocycles. The smallest absolute Gasteiger partial charge is 0.227 e. The summed E-state index contributed by atoms with van der Waals surface area (Å²) in [7, 11) is 0. The maximum Gasteiger partial charge on any atom is 0.227 e. The predicted molar refractivity (Wildman–Crippen MR) is 112 cm³/mol. The quantitative estimate of drug-likeness (QED) is 0.794. The van der Waals surface area contributed by atoms with Crippen molar-refractivity contribution in [1.29, 1.82) is 0 Å². The molecule has 2 aliphatic rings. The lowest BCUT2D eigenvalue weighted by Crippen LogP contribution is -3.14. The molecule has 2 aliphatic heterocycles. The molecule has 1 aromatic heterocycles. The average Bonchev–Trinajstić information content (AvgIpc) is 3.23. The number of hydrogen-bond donors (Lipinski definition) is 1. The number of nitrogens with one attached hydrogen (secondary N) is 1. The van der Waals surface area contributed by atoms with E-state index >= 15 is 0 Å².